The van der Waals surface area contributed by atoms with Crippen molar-refractivity contribution in [3.8, 4) is 6.07 Å². The van der Waals surface area contributed by atoms with Crippen molar-refractivity contribution in [1.82, 2.24) is 15.1 Å². The molecule has 29 heavy (non-hydrogen) atoms. The zero-order valence-electron chi connectivity index (χ0n) is 17.4. The van der Waals surface area contributed by atoms with E-state index in [0.717, 1.165) is 51.0 Å². The van der Waals surface area contributed by atoms with Crippen LogP contribution in [0.5, 0.6) is 0 Å². The molecule has 2 N–H and O–H groups in total. The Balaban J connectivity index is 1.64. The van der Waals surface area contributed by atoms with Crippen LogP contribution in [0.2, 0.25) is 0 Å². The zero-order valence-corrected chi connectivity index (χ0v) is 17.4. The predicted octanol–water partition coefficient (Wildman–Crippen LogP) is 2.15. The van der Waals surface area contributed by atoms with Gasteiger partial charge in [-0.05, 0) is 48.8 Å². The van der Waals surface area contributed by atoms with E-state index in [1.165, 1.54) is 24.0 Å². The average molecular weight is 397 g/mol. The van der Waals surface area contributed by atoms with Crippen LogP contribution in [-0.2, 0) is 17.6 Å². The Morgan fingerprint density at radius 1 is 1.24 bits per heavy atom. The molecule has 1 aromatic carbocycles. The van der Waals surface area contributed by atoms with Crippen LogP contribution in [0, 0.1) is 11.3 Å². The summed E-state index contributed by atoms with van der Waals surface area (Å²) in [5, 5.41) is 21.6. The van der Waals surface area contributed by atoms with E-state index in [1.807, 2.05) is 4.90 Å². The van der Waals surface area contributed by atoms with Crippen molar-refractivity contribution in [2.45, 2.75) is 45.1 Å². The van der Waals surface area contributed by atoms with Gasteiger partial charge in [-0.25, -0.2) is 0 Å². The molecule has 1 aliphatic carbocycles. The summed E-state index contributed by atoms with van der Waals surface area (Å²) < 4.78 is 0. The highest BCUT2D eigenvalue weighted by Gasteiger charge is 2.20. The molecule has 0 saturated carbocycles. The van der Waals surface area contributed by atoms with Crippen LogP contribution in [0.3, 0.4) is 0 Å². The third kappa shape index (κ3) is 5.59. The van der Waals surface area contributed by atoms with Crippen LogP contribution in [0.4, 0.5) is 0 Å². The lowest BCUT2D eigenvalue weighted by atomic mass is 9.88. The number of piperazine rings is 1. The number of fused-ring (bicyclic) bond motifs is 1. The first-order valence-corrected chi connectivity index (χ1v) is 10.8. The number of aliphatic hydroxyl groups is 1. The molecule has 1 atom stereocenters. The molecular formula is C23H32N4O2. The number of carbonyl (C=O) groups is 1. The van der Waals surface area contributed by atoms with Crippen molar-refractivity contribution in [2.24, 2.45) is 0 Å². The number of nitrogens with one attached hydrogen (secondary N) is 1. The first-order valence-electron chi connectivity index (χ1n) is 10.8. The highest BCUT2D eigenvalue weighted by molar-refractivity contribution is 5.97. The lowest BCUT2D eigenvalue weighted by Crippen LogP contribution is -2.45. The Morgan fingerprint density at radius 3 is 2.62 bits per heavy atom. The second-order valence-corrected chi connectivity index (χ2v) is 7.93. The van der Waals surface area contributed by atoms with Gasteiger partial charge in [0.1, 0.15) is 11.6 Å². The highest BCUT2D eigenvalue weighted by Crippen LogP contribution is 2.26. The Morgan fingerprint density at radius 2 is 1.97 bits per heavy atom. The molecule has 6 nitrogen and oxygen atoms in total. The lowest BCUT2D eigenvalue weighted by molar-refractivity contribution is -0.118. The van der Waals surface area contributed by atoms with E-state index in [-0.39, 0.29) is 24.1 Å². The number of hydrogen-bond donors (Lipinski definition) is 2. The van der Waals surface area contributed by atoms with Gasteiger partial charge < -0.3 is 15.3 Å². The van der Waals surface area contributed by atoms with Crippen molar-refractivity contribution < 1.29 is 9.90 Å². The first kappa shape index (κ1) is 21.4. The third-order valence-corrected chi connectivity index (χ3v) is 5.99. The number of carbonyl (C=O) groups excluding carboxylic acids is 1. The molecule has 1 fully saturated rings. The molecule has 2 aliphatic rings. The van der Waals surface area contributed by atoms with Gasteiger partial charge in [0.2, 0.25) is 0 Å². The minimum Gasteiger partial charge on any atom is -0.395 e. The molecule has 1 heterocycles. The summed E-state index contributed by atoms with van der Waals surface area (Å²) in [6, 6.07) is 8.54. The zero-order chi connectivity index (χ0) is 20.6. The highest BCUT2D eigenvalue weighted by atomic mass is 16.3. The molecule has 0 spiro atoms. The number of rotatable bonds is 7. The van der Waals surface area contributed by atoms with E-state index in [2.05, 4.69) is 41.4 Å². The van der Waals surface area contributed by atoms with E-state index in [4.69, 9.17) is 5.11 Å². The number of aliphatic hydroxyl groups excluding tert-OH is 1. The number of hydrogen-bond acceptors (Lipinski definition) is 5. The molecule has 0 bridgehead atoms. The van der Waals surface area contributed by atoms with Crippen LogP contribution in [0.1, 0.15) is 48.9 Å². The fraction of sp³-hybridized carbons (Fsp3) is 0.565. The number of β-amino-alcohol motifs (C(OH)–C–C–N with tert-alkyl or cyclic N) is 1. The number of aryl methyl sites for hydroxylation is 2. The van der Waals surface area contributed by atoms with Gasteiger partial charge in [-0.15, -0.1) is 0 Å². The molecule has 1 aromatic rings. The summed E-state index contributed by atoms with van der Waals surface area (Å²) in [5.41, 5.74) is 4.10. The fourth-order valence-electron chi connectivity index (χ4n) is 4.21. The van der Waals surface area contributed by atoms with Crippen LogP contribution in [0.15, 0.2) is 30.0 Å². The van der Waals surface area contributed by atoms with E-state index in [1.54, 1.807) is 6.20 Å². The molecular weight excluding hydrogens is 364 g/mol. The first-order chi connectivity index (χ1) is 14.1. The van der Waals surface area contributed by atoms with E-state index >= 15 is 0 Å². The minimum absolute atomic E-state index is 0.0899. The van der Waals surface area contributed by atoms with Gasteiger partial charge in [-0.3, -0.25) is 9.69 Å². The van der Waals surface area contributed by atoms with Gasteiger partial charge in [0.25, 0.3) is 5.91 Å². The molecule has 156 valence electrons. The third-order valence-electron chi connectivity index (χ3n) is 5.99. The Labute approximate surface area is 173 Å². The maximum Gasteiger partial charge on any atom is 0.263 e. The second kappa shape index (κ2) is 10.4. The number of amides is 1. The minimum atomic E-state index is -0.310. The number of nitriles is 1. The molecule has 1 saturated heterocycles. The Bertz CT molecular complexity index is 776. The van der Waals surface area contributed by atoms with Crippen molar-refractivity contribution in [1.29, 1.82) is 5.26 Å². The summed E-state index contributed by atoms with van der Waals surface area (Å²) in [7, 11) is 0. The van der Waals surface area contributed by atoms with Crippen LogP contribution < -0.4 is 5.32 Å². The summed E-state index contributed by atoms with van der Waals surface area (Å²) in [5.74, 6) is -0.310. The molecule has 1 unspecified atom stereocenters. The van der Waals surface area contributed by atoms with Gasteiger partial charge in [0.05, 0.1) is 12.6 Å². The largest absolute Gasteiger partial charge is 0.395 e. The maximum absolute atomic E-state index is 12.8. The summed E-state index contributed by atoms with van der Waals surface area (Å²) >= 11 is 0. The lowest BCUT2D eigenvalue weighted by Gasteiger charge is -2.33. The Kier molecular flexibility index (Phi) is 7.68. The van der Waals surface area contributed by atoms with Crippen LogP contribution in [-0.4, -0.2) is 60.1 Å². The maximum atomic E-state index is 12.8. The van der Waals surface area contributed by atoms with E-state index in [0.29, 0.717) is 6.54 Å². The van der Waals surface area contributed by atoms with Crippen molar-refractivity contribution >= 4 is 5.91 Å². The number of nitrogens with zero attached hydrogens (tertiary/aromatic N) is 3. The summed E-state index contributed by atoms with van der Waals surface area (Å²) in [6.07, 6.45) is 7.20. The second-order valence-electron chi connectivity index (χ2n) is 7.93. The monoisotopic (exact) mass is 396 g/mol. The number of benzene rings is 1. The average Bonchev–Trinajstić information content (AvgIpc) is 2.76. The molecule has 3 rings (SSSR count). The smallest absolute Gasteiger partial charge is 0.263 e. The quantitative estimate of drug-likeness (QED) is 0.545. The van der Waals surface area contributed by atoms with Crippen molar-refractivity contribution in [3.05, 3.63) is 46.7 Å². The van der Waals surface area contributed by atoms with Gasteiger partial charge in [-0.2, -0.15) is 5.26 Å². The van der Waals surface area contributed by atoms with Gasteiger partial charge in [-0.1, -0.05) is 25.1 Å². The molecule has 6 heteroatoms. The Hall–Kier alpha value is -2.36. The van der Waals surface area contributed by atoms with Crippen molar-refractivity contribution in [2.75, 3.05) is 39.3 Å². The molecule has 0 aromatic heterocycles. The summed E-state index contributed by atoms with van der Waals surface area (Å²) in [4.78, 5) is 17.0. The van der Waals surface area contributed by atoms with Crippen molar-refractivity contribution in [3.63, 3.8) is 0 Å². The fourth-order valence-corrected chi connectivity index (χ4v) is 4.21. The standard InChI is InChI=1S/C23H32N4O2/c1-2-22(20-8-7-18-5-3-4-6-19(18)15-20)25-23(29)21(16-24)17-27-11-9-26(10-12-27)13-14-28/h7-8,15,17,22,28H,2-6,9-14H2,1H3,(H,25,29)/b21-17-. The summed E-state index contributed by atoms with van der Waals surface area (Å²) in [6.45, 7) is 6.03. The topological polar surface area (TPSA) is 79.6 Å². The van der Waals surface area contributed by atoms with Crippen LogP contribution in [0.25, 0.3) is 0 Å². The molecule has 0 radical (unpaired) electrons. The van der Waals surface area contributed by atoms with E-state index < -0.39 is 0 Å². The van der Waals surface area contributed by atoms with Gasteiger partial charge >= 0.3 is 0 Å². The predicted molar refractivity (Wildman–Crippen MR) is 113 cm³/mol. The SMILES string of the molecule is CCC(NC(=O)/C(C#N)=C\N1CCN(CCO)CC1)c1ccc2c(c1)CCCC2. The molecule has 1 amide bonds. The molecule has 1 aliphatic heterocycles. The van der Waals surface area contributed by atoms with Crippen LogP contribution >= 0.6 is 0 Å². The van der Waals surface area contributed by atoms with Gasteiger partial charge in [0.15, 0.2) is 0 Å². The normalized spacial score (nSPS) is 18.7. The van der Waals surface area contributed by atoms with E-state index in [9.17, 15) is 10.1 Å². The van der Waals surface area contributed by atoms with Gasteiger partial charge in [0, 0.05) is 38.9 Å².